The molecule has 29 heavy (non-hydrogen) atoms. The van der Waals surface area contributed by atoms with Gasteiger partial charge in [0.1, 0.15) is 5.82 Å². The largest absolute Gasteiger partial charge is 0.345 e. The summed E-state index contributed by atoms with van der Waals surface area (Å²) in [6.45, 7) is 1.65. The van der Waals surface area contributed by atoms with E-state index in [0.29, 0.717) is 21.8 Å². The summed E-state index contributed by atoms with van der Waals surface area (Å²) >= 11 is 6.11. The standard InChI is InChI=1S/C23H20ClFN2O2/c1-15-11-12-17(13-20(15)25)26-22(28)14-21(16-7-3-2-4-8-16)27-23(29)18-9-5-6-10-19(18)24/h2-13,21H,14H2,1H3,(H,26,28)(H,27,29)/t21-/m0/s1. The molecule has 3 aromatic carbocycles. The molecule has 0 aliphatic carbocycles. The molecule has 148 valence electrons. The molecule has 0 aromatic heterocycles. The molecule has 3 aromatic rings. The minimum Gasteiger partial charge on any atom is -0.345 e. The van der Waals surface area contributed by atoms with Gasteiger partial charge in [-0.05, 0) is 42.3 Å². The Bertz CT molecular complexity index is 1020. The molecule has 2 amide bonds. The average molecular weight is 411 g/mol. The van der Waals surface area contributed by atoms with E-state index in [-0.39, 0.29) is 18.2 Å². The average Bonchev–Trinajstić information content (AvgIpc) is 2.71. The number of carbonyl (C=O) groups is 2. The van der Waals surface area contributed by atoms with Crippen molar-refractivity contribution in [3.05, 3.63) is 100 Å². The number of benzene rings is 3. The summed E-state index contributed by atoms with van der Waals surface area (Å²) in [7, 11) is 0. The molecular weight excluding hydrogens is 391 g/mol. The molecule has 0 radical (unpaired) electrons. The van der Waals surface area contributed by atoms with Crippen LogP contribution in [0.1, 0.15) is 33.9 Å². The second-order valence-electron chi connectivity index (χ2n) is 6.63. The highest BCUT2D eigenvalue weighted by atomic mass is 35.5. The van der Waals surface area contributed by atoms with Crippen LogP contribution in [0.2, 0.25) is 5.02 Å². The maximum atomic E-state index is 13.7. The molecule has 2 N–H and O–H groups in total. The predicted molar refractivity (Wildman–Crippen MR) is 112 cm³/mol. The molecule has 0 aliphatic heterocycles. The Hall–Kier alpha value is -3.18. The SMILES string of the molecule is Cc1ccc(NC(=O)C[C@H](NC(=O)c2ccccc2Cl)c2ccccc2)cc1F. The third-order valence-electron chi connectivity index (χ3n) is 4.47. The summed E-state index contributed by atoms with van der Waals surface area (Å²) in [5, 5.41) is 5.88. The van der Waals surface area contributed by atoms with Crippen LogP contribution in [-0.4, -0.2) is 11.8 Å². The fraction of sp³-hybridized carbons (Fsp3) is 0.130. The van der Waals surface area contributed by atoms with Crippen LogP contribution < -0.4 is 10.6 Å². The van der Waals surface area contributed by atoms with Crippen LogP contribution in [0.5, 0.6) is 0 Å². The third-order valence-corrected chi connectivity index (χ3v) is 4.80. The molecule has 0 saturated heterocycles. The molecule has 0 spiro atoms. The van der Waals surface area contributed by atoms with E-state index in [1.165, 1.54) is 6.07 Å². The summed E-state index contributed by atoms with van der Waals surface area (Å²) in [5.74, 6) is -1.12. The number of anilines is 1. The highest BCUT2D eigenvalue weighted by molar-refractivity contribution is 6.33. The molecule has 3 rings (SSSR count). The van der Waals surface area contributed by atoms with Gasteiger partial charge >= 0.3 is 0 Å². The van der Waals surface area contributed by atoms with E-state index >= 15 is 0 Å². The van der Waals surface area contributed by atoms with E-state index < -0.39 is 11.9 Å². The van der Waals surface area contributed by atoms with Gasteiger partial charge in [0.25, 0.3) is 5.91 Å². The maximum absolute atomic E-state index is 13.7. The molecule has 4 nitrogen and oxygen atoms in total. The highest BCUT2D eigenvalue weighted by Crippen LogP contribution is 2.21. The zero-order valence-electron chi connectivity index (χ0n) is 15.8. The second kappa shape index (κ2) is 9.34. The van der Waals surface area contributed by atoms with E-state index in [1.807, 2.05) is 30.3 Å². The van der Waals surface area contributed by atoms with E-state index in [1.54, 1.807) is 43.3 Å². The normalized spacial score (nSPS) is 11.6. The number of rotatable bonds is 6. The van der Waals surface area contributed by atoms with Crippen LogP contribution in [0.3, 0.4) is 0 Å². The Labute approximate surface area is 173 Å². The van der Waals surface area contributed by atoms with E-state index in [9.17, 15) is 14.0 Å². The number of hydrogen-bond acceptors (Lipinski definition) is 2. The third kappa shape index (κ3) is 5.42. The highest BCUT2D eigenvalue weighted by Gasteiger charge is 2.20. The molecule has 0 saturated carbocycles. The minimum atomic E-state index is -0.574. The Morgan fingerprint density at radius 3 is 2.38 bits per heavy atom. The number of halogens is 2. The zero-order chi connectivity index (χ0) is 20.8. The smallest absolute Gasteiger partial charge is 0.253 e. The van der Waals surface area contributed by atoms with Gasteiger partial charge < -0.3 is 10.6 Å². The fourth-order valence-corrected chi connectivity index (χ4v) is 3.11. The second-order valence-corrected chi connectivity index (χ2v) is 7.04. The lowest BCUT2D eigenvalue weighted by atomic mass is 10.0. The number of nitrogens with one attached hydrogen (secondary N) is 2. The Kier molecular flexibility index (Phi) is 6.62. The van der Waals surface area contributed by atoms with Crippen molar-refractivity contribution in [2.75, 3.05) is 5.32 Å². The lowest BCUT2D eigenvalue weighted by Gasteiger charge is -2.19. The Morgan fingerprint density at radius 1 is 1.00 bits per heavy atom. The fourth-order valence-electron chi connectivity index (χ4n) is 2.89. The maximum Gasteiger partial charge on any atom is 0.253 e. The van der Waals surface area contributed by atoms with Gasteiger partial charge in [-0.2, -0.15) is 0 Å². The van der Waals surface area contributed by atoms with Gasteiger partial charge in [-0.15, -0.1) is 0 Å². The molecular formula is C23H20ClFN2O2. The van der Waals surface area contributed by atoms with Crippen molar-refractivity contribution in [2.24, 2.45) is 0 Å². The van der Waals surface area contributed by atoms with E-state index in [2.05, 4.69) is 10.6 Å². The summed E-state index contributed by atoms with van der Waals surface area (Å²) in [6.07, 6.45) is -0.0182. The molecule has 0 bridgehead atoms. The first-order chi connectivity index (χ1) is 13.9. The molecule has 0 aliphatic rings. The van der Waals surface area contributed by atoms with Crippen LogP contribution in [-0.2, 0) is 4.79 Å². The monoisotopic (exact) mass is 410 g/mol. The number of carbonyl (C=O) groups excluding carboxylic acids is 2. The van der Waals surface area contributed by atoms with Gasteiger partial charge in [0.15, 0.2) is 0 Å². The number of hydrogen-bond donors (Lipinski definition) is 2. The van der Waals surface area contributed by atoms with Crippen molar-refractivity contribution in [3.63, 3.8) is 0 Å². The topological polar surface area (TPSA) is 58.2 Å². The predicted octanol–water partition coefficient (Wildman–Crippen LogP) is 5.29. The summed E-state index contributed by atoms with van der Waals surface area (Å²) in [6, 6.07) is 19.8. The van der Waals surface area contributed by atoms with Gasteiger partial charge in [0, 0.05) is 5.69 Å². The molecule has 0 fully saturated rings. The molecule has 1 atom stereocenters. The Morgan fingerprint density at radius 2 is 1.69 bits per heavy atom. The van der Waals surface area contributed by atoms with Gasteiger partial charge in [0.05, 0.1) is 23.0 Å². The lowest BCUT2D eigenvalue weighted by Crippen LogP contribution is -2.31. The van der Waals surface area contributed by atoms with E-state index in [0.717, 1.165) is 5.56 Å². The lowest BCUT2D eigenvalue weighted by molar-refractivity contribution is -0.116. The first-order valence-electron chi connectivity index (χ1n) is 9.10. The van der Waals surface area contributed by atoms with Crippen molar-refractivity contribution < 1.29 is 14.0 Å². The molecule has 0 heterocycles. The first-order valence-corrected chi connectivity index (χ1v) is 9.48. The van der Waals surface area contributed by atoms with E-state index in [4.69, 9.17) is 11.6 Å². The summed E-state index contributed by atoms with van der Waals surface area (Å²) in [4.78, 5) is 25.3. The van der Waals surface area contributed by atoms with Crippen LogP contribution in [0, 0.1) is 12.7 Å². The van der Waals surface area contributed by atoms with Gasteiger partial charge in [0.2, 0.25) is 5.91 Å². The summed E-state index contributed by atoms with van der Waals surface area (Å²) in [5.41, 5.74) is 1.97. The van der Waals surface area contributed by atoms with Crippen molar-refractivity contribution in [2.45, 2.75) is 19.4 Å². The Balaban J connectivity index is 1.77. The van der Waals surface area contributed by atoms with Gasteiger partial charge in [-0.3, -0.25) is 9.59 Å². The van der Waals surface area contributed by atoms with Crippen LogP contribution in [0.15, 0.2) is 72.8 Å². The van der Waals surface area contributed by atoms with Crippen LogP contribution in [0.25, 0.3) is 0 Å². The van der Waals surface area contributed by atoms with Crippen LogP contribution >= 0.6 is 11.6 Å². The van der Waals surface area contributed by atoms with Crippen molar-refractivity contribution in [3.8, 4) is 0 Å². The van der Waals surface area contributed by atoms with Crippen molar-refractivity contribution in [1.82, 2.24) is 5.32 Å². The van der Waals surface area contributed by atoms with Crippen molar-refractivity contribution in [1.29, 1.82) is 0 Å². The quantitative estimate of drug-likeness (QED) is 0.580. The van der Waals surface area contributed by atoms with Crippen molar-refractivity contribution >= 4 is 29.1 Å². The molecule has 6 heteroatoms. The summed E-state index contributed by atoms with van der Waals surface area (Å²) < 4.78 is 13.7. The number of aryl methyl sites for hydroxylation is 1. The van der Waals surface area contributed by atoms with Gasteiger partial charge in [-0.1, -0.05) is 60.1 Å². The molecule has 0 unspecified atom stereocenters. The minimum absolute atomic E-state index is 0.0182. The number of amides is 2. The first kappa shape index (κ1) is 20.6. The zero-order valence-corrected chi connectivity index (χ0v) is 16.5. The van der Waals surface area contributed by atoms with Crippen LogP contribution in [0.4, 0.5) is 10.1 Å². The van der Waals surface area contributed by atoms with Gasteiger partial charge in [-0.25, -0.2) is 4.39 Å².